The molecule has 2 aliphatic heterocycles. The molecule has 0 amide bonds. The number of nitrogens with one attached hydrogen (secondary N) is 1. The van der Waals surface area contributed by atoms with Crippen LogP contribution in [0.2, 0.25) is 0 Å². The molecule has 1 N–H and O–H groups in total. The van der Waals surface area contributed by atoms with E-state index in [1.807, 2.05) is 6.92 Å². The molecule has 0 aromatic carbocycles. The second-order valence-corrected chi connectivity index (χ2v) is 4.39. The number of carbonyl (C=O) groups is 1. The van der Waals surface area contributed by atoms with Gasteiger partial charge in [0.15, 0.2) is 0 Å². The fourth-order valence-electron chi connectivity index (χ4n) is 2.73. The monoisotopic (exact) mass is 197 g/mol. The molecule has 3 rings (SSSR count). The lowest BCUT2D eigenvalue weighted by atomic mass is 9.84. The largest absolute Gasteiger partial charge is 0.466 e. The average Bonchev–Trinajstić information content (AvgIpc) is 2.52. The Bertz CT molecular complexity index is 213. The summed E-state index contributed by atoms with van der Waals surface area (Å²) in [7, 11) is 0. The number of rotatable bonds is 2. The Kier molecular flexibility index (Phi) is 3.06. The minimum absolute atomic E-state index is 0.0332. The van der Waals surface area contributed by atoms with Crippen molar-refractivity contribution in [1.82, 2.24) is 5.32 Å². The highest BCUT2D eigenvalue weighted by Gasteiger charge is 2.37. The minimum Gasteiger partial charge on any atom is -0.466 e. The normalized spacial score (nSPS) is 36.5. The van der Waals surface area contributed by atoms with Crippen LogP contribution in [0.15, 0.2) is 0 Å². The summed E-state index contributed by atoms with van der Waals surface area (Å²) in [5.74, 6) is 0.724. The van der Waals surface area contributed by atoms with Gasteiger partial charge >= 0.3 is 5.97 Å². The summed E-state index contributed by atoms with van der Waals surface area (Å²) in [5, 5.41) is 3.50. The third-order valence-electron chi connectivity index (χ3n) is 3.49. The molecule has 2 saturated heterocycles. The van der Waals surface area contributed by atoms with E-state index in [0.717, 1.165) is 13.0 Å². The van der Waals surface area contributed by atoms with Gasteiger partial charge in [-0.3, -0.25) is 4.79 Å². The van der Waals surface area contributed by atoms with E-state index in [9.17, 15) is 4.79 Å². The minimum atomic E-state index is 0.0332. The summed E-state index contributed by atoms with van der Waals surface area (Å²) in [6.07, 6.45) is 4.67. The molecule has 2 bridgehead atoms. The molecule has 2 heterocycles. The third-order valence-corrected chi connectivity index (χ3v) is 3.49. The highest BCUT2D eigenvalue weighted by molar-refractivity contribution is 5.73. The van der Waals surface area contributed by atoms with Crippen LogP contribution >= 0.6 is 0 Å². The van der Waals surface area contributed by atoms with Crippen molar-refractivity contribution in [2.45, 2.75) is 38.6 Å². The van der Waals surface area contributed by atoms with Crippen molar-refractivity contribution in [2.24, 2.45) is 11.8 Å². The first-order valence-electron chi connectivity index (χ1n) is 5.71. The van der Waals surface area contributed by atoms with Gasteiger partial charge in [0, 0.05) is 6.04 Å². The Labute approximate surface area is 85.2 Å². The molecule has 1 saturated carbocycles. The van der Waals surface area contributed by atoms with Crippen molar-refractivity contribution in [3.05, 3.63) is 0 Å². The number of ether oxygens (including phenoxy) is 1. The van der Waals surface area contributed by atoms with Crippen molar-refractivity contribution in [2.75, 3.05) is 13.2 Å². The van der Waals surface area contributed by atoms with Crippen LogP contribution in [-0.2, 0) is 9.53 Å². The molecule has 0 spiro atoms. The Morgan fingerprint density at radius 1 is 1.50 bits per heavy atom. The molecule has 3 fully saturated rings. The SMILES string of the molecule is CCOC(=O)C1C[C@@H]2CCC[C@H]1CN2. The van der Waals surface area contributed by atoms with Crippen LogP contribution in [0.5, 0.6) is 0 Å². The van der Waals surface area contributed by atoms with Gasteiger partial charge in [0.2, 0.25) is 0 Å². The molecule has 3 heteroatoms. The standard InChI is InChI=1S/C11H19NO2/c1-2-14-11(13)10-6-9-5-3-4-8(10)7-12-9/h8-10,12H,2-7H2,1H3/t8-,9-,10?/m0/s1. The molecule has 0 radical (unpaired) electrons. The van der Waals surface area contributed by atoms with E-state index in [-0.39, 0.29) is 11.9 Å². The van der Waals surface area contributed by atoms with E-state index >= 15 is 0 Å². The van der Waals surface area contributed by atoms with Gasteiger partial charge in [-0.15, -0.1) is 0 Å². The number of piperidine rings is 1. The Balaban J connectivity index is 2.01. The summed E-state index contributed by atoms with van der Waals surface area (Å²) in [5.41, 5.74) is 0. The first kappa shape index (κ1) is 9.97. The summed E-state index contributed by atoms with van der Waals surface area (Å²) >= 11 is 0. The predicted octanol–water partition coefficient (Wildman–Crippen LogP) is 1.33. The van der Waals surface area contributed by atoms with Crippen molar-refractivity contribution in [3.63, 3.8) is 0 Å². The van der Waals surface area contributed by atoms with Gasteiger partial charge in [-0.25, -0.2) is 0 Å². The molecule has 0 aromatic heterocycles. The van der Waals surface area contributed by atoms with Crippen molar-refractivity contribution >= 4 is 5.97 Å². The molecule has 1 unspecified atom stereocenters. The number of hydrogen-bond donors (Lipinski definition) is 1. The second-order valence-electron chi connectivity index (χ2n) is 4.39. The first-order valence-corrected chi connectivity index (χ1v) is 5.71. The van der Waals surface area contributed by atoms with Crippen LogP contribution in [0.25, 0.3) is 0 Å². The fraction of sp³-hybridized carbons (Fsp3) is 0.909. The average molecular weight is 197 g/mol. The maximum absolute atomic E-state index is 11.7. The van der Waals surface area contributed by atoms with Gasteiger partial charge in [-0.05, 0) is 38.6 Å². The molecule has 3 aliphatic rings. The van der Waals surface area contributed by atoms with E-state index in [4.69, 9.17) is 4.74 Å². The summed E-state index contributed by atoms with van der Waals surface area (Å²) in [6, 6.07) is 0.558. The van der Waals surface area contributed by atoms with Crippen LogP contribution in [0, 0.1) is 11.8 Å². The van der Waals surface area contributed by atoms with Crippen LogP contribution in [0.3, 0.4) is 0 Å². The second kappa shape index (κ2) is 4.30. The number of carbonyl (C=O) groups excluding carboxylic acids is 1. The molecular weight excluding hydrogens is 178 g/mol. The quantitative estimate of drug-likeness (QED) is 0.679. The molecule has 14 heavy (non-hydrogen) atoms. The van der Waals surface area contributed by atoms with Gasteiger partial charge < -0.3 is 10.1 Å². The lowest BCUT2D eigenvalue weighted by Gasteiger charge is -2.31. The Hall–Kier alpha value is -0.570. The van der Waals surface area contributed by atoms with E-state index in [1.165, 1.54) is 19.3 Å². The smallest absolute Gasteiger partial charge is 0.309 e. The lowest BCUT2D eigenvalue weighted by Crippen LogP contribution is -2.44. The summed E-state index contributed by atoms with van der Waals surface area (Å²) in [6.45, 7) is 3.40. The molecule has 80 valence electrons. The highest BCUT2D eigenvalue weighted by atomic mass is 16.5. The lowest BCUT2D eigenvalue weighted by molar-refractivity contribution is -0.151. The van der Waals surface area contributed by atoms with Gasteiger partial charge in [-0.2, -0.15) is 0 Å². The zero-order valence-corrected chi connectivity index (χ0v) is 8.79. The maximum Gasteiger partial charge on any atom is 0.309 e. The molecule has 0 aromatic rings. The van der Waals surface area contributed by atoms with Gasteiger partial charge in [-0.1, -0.05) is 6.42 Å². The Morgan fingerprint density at radius 2 is 2.36 bits per heavy atom. The van der Waals surface area contributed by atoms with E-state index in [0.29, 0.717) is 18.6 Å². The van der Waals surface area contributed by atoms with Crippen molar-refractivity contribution in [3.8, 4) is 0 Å². The zero-order chi connectivity index (χ0) is 9.97. The Morgan fingerprint density at radius 3 is 3.14 bits per heavy atom. The molecule has 3 nitrogen and oxygen atoms in total. The van der Waals surface area contributed by atoms with Crippen LogP contribution in [0.1, 0.15) is 32.6 Å². The van der Waals surface area contributed by atoms with Gasteiger partial charge in [0.1, 0.15) is 0 Å². The predicted molar refractivity (Wildman–Crippen MR) is 53.9 cm³/mol. The van der Waals surface area contributed by atoms with Crippen LogP contribution in [0.4, 0.5) is 0 Å². The van der Waals surface area contributed by atoms with Gasteiger partial charge in [0.05, 0.1) is 12.5 Å². The van der Waals surface area contributed by atoms with E-state index in [2.05, 4.69) is 5.32 Å². The first-order chi connectivity index (χ1) is 6.81. The summed E-state index contributed by atoms with van der Waals surface area (Å²) in [4.78, 5) is 11.7. The maximum atomic E-state index is 11.7. The van der Waals surface area contributed by atoms with Crippen LogP contribution < -0.4 is 5.32 Å². The van der Waals surface area contributed by atoms with E-state index in [1.54, 1.807) is 0 Å². The van der Waals surface area contributed by atoms with Crippen molar-refractivity contribution < 1.29 is 9.53 Å². The fourth-order valence-corrected chi connectivity index (χ4v) is 2.73. The topological polar surface area (TPSA) is 38.3 Å². The van der Waals surface area contributed by atoms with Crippen molar-refractivity contribution in [1.29, 1.82) is 0 Å². The number of esters is 1. The highest BCUT2D eigenvalue weighted by Crippen LogP contribution is 2.33. The number of hydrogen-bond acceptors (Lipinski definition) is 3. The molecule has 1 aliphatic carbocycles. The molecular formula is C11H19NO2. The number of fused-ring (bicyclic) bond motifs is 4. The zero-order valence-electron chi connectivity index (χ0n) is 8.79. The van der Waals surface area contributed by atoms with E-state index < -0.39 is 0 Å². The van der Waals surface area contributed by atoms with Gasteiger partial charge in [0.25, 0.3) is 0 Å². The molecule has 3 atom stereocenters. The van der Waals surface area contributed by atoms with Crippen LogP contribution in [-0.4, -0.2) is 25.2 Å². The third kappa shape index (κ3) is 1.92. The summed E-state index contributed by atoms with van der Waals surface area (Å²) < 4.78 is 5.12.